The Morgan fingerprint density at radius 2 is 2.25 bits per heavy atom. The number of para-hydroxylation sites is 1. The first-order valence-corrected chi connectivity index (χ1v) is 5.16. The summed E-state index contributed by atoms with van der Waals surface area (Å²) in [4.78, 5) is 14.8. The molecule has 0 unspecified atom stereocenters. The highest BCUT2D eigenvalue weighted by Gasteiger charge is 2.07. The van der Waals surface area contributed by atoms with Gasteiger partial charge in [0, 0.05) is 24.6 Å². The molecule has 0 bridgehead atoms. The number of hydrogen-bond donors (Lipinski definition) is 2. The van der Waals surface area contributed by atoms with Gasteiger partial charge in [0.2, 0.25) is 0 Å². The zero-order valence-corrected chi connectivity index (χ0v) is 9.12. The minimum absolute atomic E-state index is 0.103. The van der Waals surface area contributed by atoms with Gasteiger partial charge in [0.1, 0.15) is 5.69 Å². The van der Waals surface area contributed by atoms with Crippen LogP contribution in [-0.4, -0.2) is 31.2 Å². The second-order valence-electron chi connectivity index (χ2n) is 3.52. The maximum absolute atomic E-state index is 11.7. The summed E-state index contributed by atoms with van der Waals surface area (Å²) in [5.41, 5.74) is 1.55. The van der Waals surface area contributed by atoms with Crippen molar-refractivity contribution in [3.05, 3.63) is 36.0 Å². The van der Waals surface area contributed by atoms with E-state index in [2.05, 4.69) is 10.3 Å². The fraction of sp³-hybridized carbons (Fsp3) is 0.250. The second kappa shape index (κ2) is 4.81. The molecule has 0 aliphatic carbocycles. The average Bonchev–Trinajstić information content (AvgIpc) is 2.73. The first-order chi connectivity index (χ1) is 7.81. The van der Waals surface area contributed by atoms with Gasteiger partial charge in [0.25, 0.3) is 5.91 Å². The number of methoxy groups -OCH3 is 1. The van der Waals surface area contributed by atoms with Crippen LogP contribution >= 0.6 is 0 Å². The molecule has 2 N–H and O–H groups in total. The zero-order chi connectivity index (χ0) is 11.4. The van der Waals surface area contributed by atoms with Gasteiger partial charge >= 0.3 is 0 Å². The van der Waals surface area contributed by atoms with Crippen LogP contribution in [0.4, 0.5) is 0 Å². The molecule has 0 saturated heterocycles. The van der Waals surface area contributed by atoms with Crippen molar-refractivity contribution in [1.82, 2.24) is 10.3 Å². The molecular formula is C12H14N2O2. The summed E-state index contributed by atoms with van der Waals surface area (Å²) in [6.45, 7) is 1.04. The molecule has 4 heteroatoms. The molecule has 4 nitrogen and oxygen atoms in total. The van der Waals surface area contributed by atoms with Crippen molar-refractivity contribution in [3.63, 3.8) is 0 Å². The number of fused-ring (bicyclic) bond motifs is 1. The summed E-state index contributed by atoms with van der Waals surface area (Å²) in [6.07, 6.45) is 0. The Kier molecular flexibility index (Phi) is 3.22. The number of benzene rings is 1. The monoisotopic (exact) mass is 218 g/mol. The molecule has 16 heavy (non-hydrogen) atoms. The average molecular weight is 218 g/mol. The van der Waals surface area contributed by atoms with Crippen LogP contribution in [0.25, 0.3) is 10.9 Å². The van der Waals surface area contributed by atoms with Crippen molar-refractivity contribution in [1.29, 1.82) is 0 Å². The van der Waals surface area contributed by atoms with Crippen molar-refractivity contribution in [2.45, 2.75) is 0 Å². The van der Waals surface area contributed by atoms with E-state index in [0.717, 1.165) is 10.9 Å². The third kappa shape index (κ3) is 2.23. The Morgan fingerprint density at radius 1 is 1.44 bits per heavy atom. The number of aromatic nitrogens is 1. The first kappa shape index (κ1) is 10.7. The SMILES string of the molecule is COCCNC(=O)c1cc2ccccc2[nH]1. The number of rotatable bonds is 4. The van der Waals surface area contributed by atoms with Crippen LogP contribution in [0.15, 0.2) is 30.3 Å². The van der Waals surface area contributed by atoms with E-state index in [1.165, 1.54) is 0 Å². The first-order valence-electron chi connectivity index (χ1n) is 5.16. The summed E-state index contributed by atoms with van der Waals surface area (Å²) in [6, 6.07) is 9.64. The Balaban J connectivity index is 2.11. The number of carbonyl (C=O) groups excluding carboxylic acids is 1. The molecule has 84 valence electrons. The van der Waals surface area contributed by atoms with Crippen molar-refractivity contribution in [2.24, 2.45) is 0 Å². The molecule has 1 aromatic heterocycles. The smallest absolute Gasteiger partial charge is 0.267 e. The Labute approximate surface area is 93.6 Å². The summed E-state index contributed by atoms with van der Waals surface area (Å²) in [7, 11) is 1.61. The summed E-state index contributed by atoms with van der Waals surface area (Å²) < 4.78 is 4.86. The van der Waals surface area contributed by atoms with E-state index in [9.17, 15) is 4.79 Å². The van der Waals surface area contributed by atoms with Gasteiger partial charge < -0.3 is 15.0 Å². The molecule has 0 aliphatic heterocycles. The maximum Gasteiger partial charge on any atom is 0.267 e. The van der Waals surface area contributed by atoms with Crippen LogP contribution in [0.2, 0.25) is 0 Å². The van der Waals surface area contributed by atoms with Gasteiger partial charge in [-0.15, -0.1) is 0 Å². The van der Waals surface area contributed by atoms with Crippen molar-refractivity contribution >= 4 is 16.8 Å². The van der Waals surface area contributed by atoms with Gasteiger partial charge in [0.15, 0.2) is 0 Å². The molecule has 1 aromatic carbocycles. The standard InChI is InChI=1S/C12H14N2O2/c1-16-7-6-13-12(15)11-8-9-4-2-3-5-10(9)14-11/h2-5,8,14H,6-7H2,1H3,(H,13,15). The van der Waals surface area contributed by atoms with Crippen molar-refractivity contribution in [3.8, 4) is 0 Å². The highest BCUT2D eigenvalue weighted by molar-refractivity contribution is 5.97. The number of nitrogens with one attached hydrogen (secondary N) is 2. The fourth-order valence-corrected chi connectivity index (χ4v) is 1.56. The Hall–Kier alpha value is -1.81. The number of aromatic amines is 1. The molecule has 2 rings (SSSR count). The fourth-order valence-electron chi connectivity index (χ4n) is 1.56. The third-order valence-electron chi connectivity index (χ3n) is 2.37. The van der Waals surface area contributed by atoms with E-state index in [1.807, 2.05) is 30.3 Å². The second-order valence-corrected chi connectivity index (χ2v) is 3.52. The summed E-state index contributed by atoms with van der Waals surface area (Å²) in [5.74, 6) is -0.103. The topological polar surface area (TPSA) is 54.1 Å². The molecule has 0 saturated carbocycles. The molecule has 1 amide bonds. The number of carbonyl (C=O) groups is 1. The van der Waals surface area contributed by atoms with Crippen molar-refractivity contribution < 1.29 is 9.53 Å². The predicted octanol–water partition coefficient (Wildman–Crippen LogP) is 1.54. The lowest BCUT2D eigenvalue weighted by Crippen LogP contribution is -2.27. The molecule has 0 aliphatic rings. The zero-order valence-electron chi connectivity index (χ0n) is 9.12. The van der Waals surface area contributed by atoms with Crippen LogP contribution < -0.4 is 5.32 Å². The normalized spacial score (nSPS) is 10.6. The summed E-state index contributed by atoms with van der Waals surface area (Å²) in [5, 5.41) is 3.81. The van der Waals surface area contributed by atoms with E-state index >= 15 is 0 Å². The Morgan fingerprint density at radius 3 is 3.00 bits per heavy atom. The molecular weight excluding hydrogens is 204 g/mol. The summed E-state index contributed by atoms with van der Waals surface area (Å²) >= 11 is 0. The number of hydrogen-bond acceptors (Lipinski definition) is 2. The van der Waals surface area contributed by atoms with E-state index in [0.29, 0.717) is 18.8 Å². The van der Waals surface area contributed by atoms with E-state index in [4.69, 9.17) is 4.74 Å². The minimum Gasteiger partial charge on any atom is -0.383 e. The van der Waals surface area contributed by atoms with Gasteiger partial charge in [-0.2, -0.15) is 0 Å². The van der Waals surface area contributed by atoms with Gasteiger partial charge in [0.05, 0.1) is 6.61 Å². The van der Waals surface area contributed by atoms with Gasteiger partial charge in [-0.1, -0.05) is 18.2 Å². The largest absolute Gasteiger partial charge is 0.383 e. The maximum atomic E-state index is 11.7. The quantitative estimate of drug-likeness (QED) is 0.765. The predicted molar refractivity (Wildman–Crippen MR) is 62.5 cm³/mol. The molecule has 2 aromatic rings. The third-order valence-corrected chi connectivity index (χ3v) is 2.37. The van der Waals surface area contributed by atoms with Gasteiger partial charge in [-0.05, 0) is 12.1 Å². The lowest BCUT2D eigenvalue weighted by atomic mass is 10.2. The van der Waals surface area contributed by atoms with Gasteiger partial charge in [-0.25, -0.2) is 0 Å². The molecule has 0 spiro atoms. The van der Waals surface area contributed by atoms with Crippen LogP contribution in [0.1, 0.15) is 10.5 Å². The number of amides is 1. The van der Waals surface area contributed by atoms with Crippen LogP contribution in [-0.2, 0) is 4.74 Å². The lowest BCUT2D eigenvalue weighted by Gasteiger charge is -2.01. The van der Waals surface area contributed by atoms with E-state index in [1.54, 1.807) is 7.11 Å². The lowest BCUT2D eigenvalue weighted by molar-refractivity contribution is 0.0933. The highest BCUT2D eigenvalue weighted by atomic mass is 16.5. The van der Waals surface area contributed by atoms with Crippen LogP contribution in [0.5, 0.6) is 0 Å². The van der Waals surface area contributed by atoms with Gasteiger partial charge in [-0.3, -0.25) is 4.79 Å². The molecule has 0 radical (unpaired) electrons. The molecule has 0 atom stereocenters. The molecule has 0 fully saturated rings. The number of ether oxygens (including phenoxy) is 1. The van der Waals surface area contributed by atoms with Crippen LogP contribution in [0.3, 0.4) is 0 Å². The molecule has 1 heterocycles. The Bertz CT molecular complexity index is 457. The minimum atomic E-state index is -0.103. The van der Waals surface area contributed by atoms with E-state index in [-0.39, 0.29) is 5.91 Å². The van der Waals surface area contributed by atoms with E-state index < -0.39 is 0 Å². The van der Waals surface area contributed by atoms with Crippen LogP contribution in [0, 0.1) is 0 Å². The highest BCUT2D eigenvalue weighted by Crippen LogP contribution is 2.14. The number of H-pyrrole nitrogens is 1. The van der Waals surface area contributed by atoms with Crippen molar-refractivity contribution in [2.75, 3.05) is 20.3 Å².